The van der Waals surface area contributed by atoms with Crippen LogP contribution in [0.1, 0.15) is 26.5 Å². The van der Waals surface area contributed by atoms with E-state index in [1.165, 1.54) is 10.8 Å². The van der Waals surface area contributed by atoms with E-state index in [0.717, 1.165) is 11.8 Å². The maximum absolute atomic E-state index is 13.0. The summed E-state index contributed by atoms with van der Waals surface area (Å²) in [5.41, 5.74) is 4.12. The van der Waals surface area contributed by atoms with Crippen LogP contribution >= 0.6 is 19.6 Å². The van der Waals surface area contributed by atoms with Crippen molar-refractivity contribution in [1.29, 1.82) is 5.26 Å². The van der Waals surface area contributed by atoms with Gasteiger partial charge in [0.25, 0.3) is 0 Å². The SMILES string of the molecule is CC(C)(C)C(=O)SCCO[P@]1(=O)OC[C@H]2O[C@@](C#N)(c3ccc4c(N)ncnn34)[C@H](O)[C@@H]2O1. The second-order valence-corrected chi connectivity index (χ2v) is 11.3. The summed E-state index contributed by atoms with van der Waals surface area (Å²) in [5.74, 6) is 0.439. The Labute approximate surface area is 194 Å². The van der Waals surface area contributed by atoms with Gasteiger partial charge in [0.2, 0.25) is 5.60 Å². The fraction of sp³-hybridized carbons (Fsp3) is 0.579. The highest BCUT2D eigenvalue weighted by Gasteiger charge is 2.62. The molecule has 2 aliphatic rings. The van der Waals surface area contributed by atoms with Gasteiger partial charge in [-0.2, -0.15) is 10.4 Å². The molecule has 2 saturated heterocycles. The average molecular weight is 497 g/mol. The predicted molar refractivity (Wildman–Crippen MR) is 117 cm³/mol. The number of ether oxygens (including phenoxy) is 1. The largest absolute Gasteiger partial charge is 0.475 e. The second-order valence-electron chi connectivity index (χ2n) is 8.64. The summed E-state index contributed by atoms with van der Waals surface area (Å²) < 4.78 is 36.3. The summed E-state index contributed by atoms with van der Waals surface area (Å²) in [7, 11) is -4.05. The number of carbonyl (C=O) groups excluding carboxylic acids is 1. The summed E-state index contributed by atoms with van der Waals surface area (Å²) in [5, 5.41) is 25.1. The first-order chi connectivity index (χ1) is 15.5. The Balaban J connectivity index is 1.49. The fourth-order valence-corrected chi connectivity index (χ4v) is 5.87. The van der Waals surface area contributed by atoms with E-state index in [9.17, 15) is 19.7 Å². The molecule has 0 saturated carbocycles. The molecule has 33 heavy (non-hydrogen) atoms. The minimum atomic E-state index is -4.05. The lowest BCUT2D eigenvalue weighted by Crippen LogP contribution is -2.43. The lowest BCUT2D eigenvalue weighted by molar-refractivity contribution is -0.117. The Hall–Kier alpha value is -2.04. The first kappa shape index (κ1) is 24.1. The molecule has 2 aliphatic heterocycles. The van der Waals surface area contributed by atoms with E-state index >= 15 is 0 Å². The van der Waals surface area contributed by atoms with Gasteiger partial charge in [0.05, 0.1) is 18.9 Å². The maximum atomic E-state index is 13.0. The molecule has 0 spiro atoms. The summed E-state index contributed by atoms with van der Waals surface area (Å²) in [6.07, 6.45) is -2.35. The topological polar surface area (TPSA) is 171 Å². The number of anilines is 1. The number of rotatable bonds is 5. The lowest BCUT2D eigenvalue weighted by Gasteiger charge is -2.30. The van der Waals surface area contributed by atoms with Gasteiger partial charge in [0.15, 0.2) is 10.9 Å². The highest BCUT2D eigenvalue weighted by Crippen LogP contribution is 2.58. The van der Waals surface area contributed by atoms with Gasteiger partial charge < -0.3 is 15.6 Å². The van der Waals surface area contributed by atoms with Gasteiger partial charge in [-0.25, -0.2) is 14.1 Å². The summed E-state index contributed by atoms with van der Waals surface area (Å²) in [6, 6.07) is 5.15. The van der Waals surface area contributed by atoms with Crippen LogP contribution in [0.2, 0.25) is 0 Å². The van der Waals surface area contributed by atoms with Crippen LogP contribution in [0.4, 0.5) is 5.82 Å². The van der Waals surface area contributed by atoms with Crippen LogP contribution in [0.5, 0.6) is 0 Å². The molecule has 2 aromatic heterocycles. The average Bonchev–Trinajstić information content (AvgIpc) is 3.31. The molecule has 12 nitrogen and oxygen atoms in total. The molecule has 2 fully saturated rings. The van der Waals surface area contributed by atoms with Gasteiger partial charge >= 0.3 is 7.82 Å². The molecular formula is C19H24N5O7PS. The molecular weight excluding hydrogens is 473 g/mol. The first-order valence-electron chi connectivity index (χ1n) is 10.1. The van der Waals surface area contributed by atoms with Gasteiger partial charge in [0, 0.05) is 11.2 Å². The van der Waals surface area contributed by atoms with Crippen molar-refractivity contribution < 1.29 is 32.8 Å². The maximum Gasteiger partial charge on any atom is 0.475 e. The minimum absolute atomic E-state index is 0.0304. The molecule has 178 valence electrons. The molecule has 0 bridgehead atoms. The number of nitriles is 1. The van der Waals surface area contributed by atoms with Crippen molar-refractivity contribution in [2.75, 3.05) is 24.7 Å². The second kappa shape index (κ2) is 8.63. The summed E-state index contributed by atoms with van der Waals surface area (Å²) >= 11 is 1.06. The number of nitrogens with zero attached hydrogens (tertiary/aromatic N) is 4. The van der Waals surface area contributed by atoms with Crippen molar-refractivity contribution in [1.82, 2.24) is 14.6 Å². The number of aliphatic hydroxyl groups is 1. The highest BCUT2D eigenvalue weighted by atomic mass is 32.2. The number of hydrogen-bond acceptors (Lipinski definition) is 12. The molecule has 4 rings (SSSR count). The number of hydrogen-bond donors (Lipinski definition) is 2. The standard InChI is InChI=1S/C19H24N5O7PS/c1-18(2,3)17(26)33-7-6-28-32(27)29-8-12-14(31-32)15(25)19(9-20,30-12)13-5-4-11-16(21)22-10-23-24(11)13/h4-5,10,12,14-15,25H,6-8H2,1-3H3,(H2,21,22,23)/t12-,14-,15-,19+,32-/m1/s1. The zero-order chi connectivity index (χ0) is 24.0. The molecule has 14 heteroatoms. The van der Waals surface area contributed by atoms with Crippen molar-refractivity contribution in [3.63, 3.8) is 0 Å². The van der Waals surface area contributed by atoms with E-state index in [1.807, 2.05) is 6.07 Å². The smallest absolute Gasteiger partial charge is 0.386 e. The number of nitrogens with two attached hydrogens (primary N) is 1. The third-order valence-electron chi connectivity index (χ3n) is 5.29. The van der Waals surface area contributed by atoms with E-state index in [2.05, 4.69) is 10.1 Å². The number of carbonyl (C=O) groups is 1. The zero-order valence-corrected chi connectivity index (χ0v) is 19.9. The van der Waals surface area contributed by atoms with E-state index in [-0.39, 0.29) is 35.6 Å². The van der Waals surface area contributed by atoms with Crippen molar-refractivity contribution >= 4 is 36.0 Å². The van der Waals surface area contributed by atoms with Crippen LogP contribution in [-0.2, 0) is 33.3 Å². The fourth-order valence-electron chi connectivity index (χ4n) is 3.57. The molecule has 2 aromatic rings. The zero-order valence-electron chi connectivity index (χ0n) is 18.2. The van der Waals surface area contributed by atoms with Crippen molar-refractivity contribution in [2.45, 2.75) is 44.7 Å². The Bertz CT molecular complexity index is 1160. The van der Waals surface area contributed by atoms with Gasteiger partial charge in [-0.1, -0.05) is 32.5 Å². The van der Waals surface area contributed by atoms with Crippen LogP contribution in [-0.4, -0.2) is 62.1 Å². The number of aliphatic hydroxyl groups excluding tert-OH is 1. The summed E-state index contributed by atoms with van der Waals surface area (Å²) in [4.78, 5) is 15.9. The van der Waals surface area contributed by atoms with E-state index in [4.69, 9.17) is 24.0 Å². The third kappa shape index (κ3) is 4.28. The number of aromatic nitrogens is 3. The Morgan fingerprint density at radius 1 is 1.52 bits per heavy atom. The normalized spacial score (nSPS) is 31.9. The monoisotopic (exact) mass is 497 g/mol. The van der Waals surface area contributed by atoms with E-state index in [0.29, 0.717) is 5.52 Å². The van der Waals surface area contributed by atoms with Crippen molar-refractivity contribution in [3.8, 4) is 6.07 Å². The first-order valence-corrected chi connectivity index (χ1v) is 12.6. The predicted octanol–water partition coefficient (Wildman–Crippen LogP) is 1.64. The molecule has 0 aromatic carbocycles. The minimum Gasteiger partial charge on any atom is -0.386 e. The van der Waals surface area contributed by atoms with Gasteiger partial charge in [0.1, 0.15) is 36.2 Å². The van der Waals surface area contributed by atoms with Crippen LogP contribution in [0.25, 0.3) is 5.52 Å². The highest BCUT2D eigenvalue weighted by molar-refractivity contribution is 8.13. The number of phosphoric ester groups is 1. The number of fused-ring (bicyclic) bond motifs is 2. The molecule has 4 heterocycles. The van der Waals surface area contributed by atoms with Gasteiger partial charge in [-0.3, -0.25) is 18.4 Å². The van der Waals surface area contributed by atoms with E-state index < -0.39 is 37.2 Å². The summed E-state index contributed by atoms with van der Waals surface area (Å²) in [6.45, 7) is 5.11. The van der Waals surface area contributed by atoms with E-state index in [1.54, 1.807) is 32.9 Å². The van der Waals surface area contributed by atoms with Gasteiger partial charge in [-0.05, 0) is 12.1 Å². The van der Waals surface area contributed by atoms with Gasteiger partial charge in [-0.15, -0.1) is 0 Å². The Morgan fingerprint density at radius 2 is 2.27 bits per heavy atom. The molecule has 0 amide bonds. The number of nitrogen functional groups attached to an aromatic ring is 1. The number of phosphoric acid groups is 1. The molecule has 0 unspecified atom stereocenters. The van der Waals surface area contributed by atoms with Crippen LogP contribution in [0.15, 0.2) is 18.5 Å². The molecule has 0 radical (unpaired) electrons. The van der Waals surface area contributed by atoms with Crippen molar-refractivity contribution in [2.24, 2.45) is 5.41 Å². The van der Waals surface area contributed by atoms with Crippen LogP contribution in [0, 0.1) is 16.7 Å². The Morgan fingerprint density at radius 3 is 2.97 bits per heavy atom. The number of thioether (sulfide) groups is 1. The molecule has 5 atom stereocenters. The third-order valence-corrected chi connectivity index (χ3v) is 8.00. The van der Waals surface area contributed by atoms with Crippen molar-refractivity contribution in [3.05, 3.63) is 24.2 Å². The van der Waals surface area contributed by atoms with Crippen LogP contribution in [0.3, 0.4) is 0 Å². The Kier molecular flexibility index (Phi) is 6.30. The quantitative estimate of drug-likeness (QED) is 0.452. The molecule has 3 N–H and O–H groups in total. The van der Waals surface area contributed by atoms with Crippen LogP contribution < -0.4 is 5.73 Å². The molecule has 0 aliphatic carbocycles. The lowest BCUT2D eigenvalue weighted by atomic mass is 9.92.